The highest BCUT2D eigenvalue weighted by molar-refractivity contribution is 5.94. The van der Waals surface area contributed by atoms with E-state index < -0.39 is 0 Å². The molecule has 0 atom stereocenters. The number of benzene rings is 1. The third kappa shape index (κ3) is 1.69. The monoisotopic (exact) mass is 208 g/mol. The quantitative estimate of drug-likeness (QED) is 0.721. The summed E-state index contributed by atoms with van der Waals surface area (Å²) in [6, 6.07) is 0. The Morgan fingerprint density at radius 3 is 1.73 bits per heavy atom. The van der Waals surface area contributed by atoms with E-state index >= 15 is 0 Å². The summed E-state index contributed by atoms with van der Waals surface area (Å²) >= 11 is 0. The van der Waals surface area contributed by atoms with Crippen LogP contribution in [0.25, 0.3) is 0 Å². The van der Waals surface area contributed by atoms with Crippen LogP contribution in [0.15, 0.2) is 0 Å². The Balaban J connectivity index is 3.60. The summed E-state index contributed by atoms with van der Waals surface area (Å²) in [6.07, 6.45) is 0. The molecule has 0 saturated carbocycles. The molecule has 0 heterocycles. The minimum Gasteiger partial charge on any atom is -0.507 e. The fourth-order valence-corrected chi connectivity index (χ4v) is 1.70. The molecule has 0 radical (unpaired) electrons. The van der Waals surface area contributed by atoms with Crippen molar-refractivity contribution in [2.75, 3.05) is 7.11 Å². The predicted octanol–water partition coefficient (Wildman–Crippen LogP) is 2.41. The van der Waals surface area contributed by atoms with Crippen molar-refractivity contribution in [3.05, 3.63) is 27.8 Å². The van der Waals surface area contributed by atoms with E-state index in [1.807, 2.05) is 13.8 Å². The van der Waals surface area contributed by atoms with Crippen molar-refractivity contribution in [3.8, 4) is 5.75 Å². The zero-order valence-corrected chi connectivity index (χ0v) is 9.76. The van der Waals surface area contributed by atoms with Crippen LogP contribution in [0, 0.1) is 27.7 Å². The van der Waals surface area contributed by atoms with Gasteiger partial charge in [0, 0.05) is 0 Å². The molecular weight excluding hydrogens is 192 g/mol. The van der Waals surface area contributed by atoms with Crippen LogP contribution in [0.3, 0.4) is 0 Å². The van der Waals surface area contributed by atoms with Crippen molar-refractivity contribution >= 4 is 5.97 Å². The van der Waals surface area contributed by atoms with Gasteiger partial charge in [0.05, 0.1) is 12.7 Å². The van der Waals surface area contributed by atoms with Crippen molar-refractivity contribution < 1.29 is 14.6 Å². The maximum atomic E-state index is 11.6. The average molecular weight is 208 g/mol. The van der Waals surface area contributed by atoms with Crippen LogP contribution in [-0.4, -0.2) is 18.2 Å². The summed E-state index contributed by atoms with van der Waals surface area (Å²) in [7, 11) is 1.36. The Hall–Kier alpha value is -1.51. The maximum absolute atomic E-state index is 11.6. The Labute approximate surface area is 89.7 Å². The van der Waals surface area contributed by atoms with Gasteiger partial charge >= 0.3 is 5.97 Å². The van der Waals surface area contributed by atoms with E-state index in [9.17, 15) is 9.90 Å². The number of rotatable bonds is 1. The number of hydrogen-bond acceptors (Lipinski definition) is 3. The van der Waals surface area contributed by atoms with E-state index in [0.29, 0.717) is 5.56 Å². The van der Waals surface area contributed by atoms with Crippen molar-refractivity contribution in [2.24, 2.45) is 0 Å². The molecular formula is C12H16O3. The molecule has 0 fully saturated rings. The molecule has 15 heavy (non-hydrogen) atoms. The first-order chi connectivity index (χ1) is 6.91. The third-order valence-corrected chi connectivity index (χ3v) is 2.97. The van der Waals surface area contributed by atoms with Gasteiger partial charge in [-0.1, -0.05) is 0 Å². The SMILES string of the molecule is COC(=O)c1c(C)c(C)c(O)c(C)c1C. The fourth-order valence-electron chi connectivity index (χ4n) is 1.70. The third-order valence-electron chi connectivity index (χ3n) is 2.97. The number of carbonyl (C=O) groups is 1. The van der Waals surface area contributed by atoms with Crippen molar-refractivity contribution in [3.63, 3.8) is 0 Å². The molecule has 1 rings (SSSR count). The Kier molecular flexibility index (Phi) is 3.03. The fraction of sp³-hybridized carbons (Fsp3) is 0.417. The number of esters is 1. The molecule has 1 aromatic rings. The van der Waals surface area contributed by atoms with Crippen LogP contribution in [0.2, 0.25) is 0 Å². The number of aromatic hydroxyl groups is 1. The summed E-state index contributed by atoms with van der Waals surface area (Å²) in [4.78, 5) is 11.6. The molecule has 0 aromatic heterocycles. The minimum absolute atomic E-state index is 0.262. The lowest BCUT2D eigenvalue weighted by Crippen LogP contribution is -2.09. The Morgan fingerprint density at radius 2 is 1.40 bits per heavy atom. The van der Waals surface area contributed by atoms with Gasteiger partial charge in [0.1, 0.15) is 5.75 Å². The van der Waals surface area contributed by atoms with Crippen LogP contribution in [-0.2, 0) is 4.74 Å². The van der Waals surface area contributed by atoms with E-state index in [0.717, 1.165) is 22.3 Å². The minimum atomic E-state index is -0.351. The van der Waals surface area contributed by atoms with Crippen LogP contribution < -0.4 is 0 Å². The van der Waals surface area contributed by atoms with Crippen LogP contribution >= 0.6 is 0 Å². The summed E-state index contributed by atoms with van der Waals surface area (Å²) in [6.45, 7) is 7.22. The van der Waals surface area contributed by atoms with Crippen LogP contribution in [0.1, 0.15) is 32.6 Å². The average Bonchev–Trinajstić information content (AvgIpc) is 2.23. The van der Waals surface area contributed by atoms with Gasteiger partial charge < -0.3 is 9.84 Å². The molecule has 0 aliphatic carbocycles. The second-order valence-electron chi connectivity index (χ2n) is 3.72. The van der Waals surface area contributed by atoms with E-state index in [-0.39, 0.29) is 11.7 Å². The Bertz CT molecular complexity index is 390. The van der Waals surface area contributed by atoms with Crippen molar-refractivity contribution in [1.29, 1.82) is 0 Å². The molecule has 0 saturated heterocycles. The first-order valence-corrected chi connectivity index (χ1v) is 4.79. The highest BCUT2D eigenvalue weighted by Gasteiger charge is 2.19. The van der Waals surface area contributed by atoms with Gasteiger partial charge in [-0.3, -0.25) is 0 Å². The van der Waals surface area contributed by atoms with E-state index in [1.165, 1.54) is 7.11 Å². The summed E-state index contributed by atoms with van der Waals surface area (Å²) < 4.78 is 4.73. The summed E-state index contributed by atoms with van der Waals surface area (Å²) in [5.74, 6) is -0.0890. The first kappa shape index (κ1) is 11.6. The summed E-state index contributed by atoms with van der Waals surface area (Å²) in [5.41, 5.74) is 3.59. The highest BCUT2D eigenvalue weighted by atomic mass is 16.5. The second-order valence-corrected chi connectivity index (χ2v) is 3.72. The molecule has 0 amide bonds. The molecule has 1 N–H and O–H groups in total. The smallest absolute Gasteiger partial charge is 0.338 e. The molecule has 0 unspecified atom stereocenters. The normalized spacial score (nSPS) is 10.2. The van der Waals surface area contributed by atoms with E-state index in [1.54, 1.807) is 13.8 Å². The number of hydrogen-bond donors (Lipinski definition) is 1. The van der Waals surface area contributed by atoms with Gasteiger partial charge in [-0.2, -0.15) is 0 Å². The number of methoxy groups -OCH3 is 1. The number of phenols is 1. The lowest BCUT2D eigenvalue weighted by Gasteiger charge is -2.15. The second kappa shape index (κ2) is 3.93. The maximum Gasteiger partial charge on any atom is 0.338 e. The zero-order chi connectivity index (χ0) is 11.7. The highest BCUT2D eigenvalue weighted by Crippen LogP contribution is 2.31. The molecule has 0 aliphatic rings. The standard InChI is InChI=1S/C12H16O3/c1-6-8(3)11(13)9(4)7(2)10(6)12(14)15-5/h13H,1-5H3. The zero-order valence-electron chi connectivity index (χ0n) is 9.76. The van der Waals surface area contributed by atoms with Crippen LogP contribution in [0.4, 0.5) is 0 Å². The largest absolute Gasteiger partial charge is 0.507 e. The molecule has 0 bridgehead atoms. The van der Waals surface area contributed by atoms with Gasteiger partial charge in [-0.25, -0.2) is 4.79 Å². The first-order valence-electron chi connectivity index (χ1n) is 4.79. The van der Waals surface area contributed by atoms with Gasteiger partial charge in [0.2, 0.25) is 0 Å². The van der Waals surface area contributed by atoms with Crippen LogP contribution in [0.5, 0.6) is 5.75 Å². The number of phenolic OH excluding ortho intramolecular Hbond substituents is 1. The van der Waals surface area contributed by atoms with Crippen molar-refractivity contribution in [2.45, 2.75) is 27.7 Å². The number of ether oxygens (including phenoxy) is 1. The van der Waals surface area contributed by atoms with E-state index in [2.05, 4.69) is 0 Å². The lowest BCUT2D eigenvalue weighted by atomic mass is 9.93. The molecule has 3 nitrogen and oxygen atoms in total. The lowest BCUT2D eigenvalue weighted by molar-refractivity contribution is 0.0599. The number of carbonyl (C=O) groups excluding carboxylic acids is 1. The molecule has 0 aliphatic heterocycles. The van der Waals surface area contributed by atoms with Gasteiger partial charge in [0.15, 0.2) is 0 Å². The summed E-state index contributed by atoms with van der Waals surface area (Å²) in [5, 5.41) is 9.79. The molecule has 82 valence electrons. The Morgan fingerprint density at radius 1 is 1.00 bits per heavy atom. The topological polar surface area (TPSA) is 46.5 Å². The molecule has 0 spiro atoms. The molecule has 3 heteroatoms. The van der Waals surface area contributed by atoms with Gasteiger partial charge in [0.25, 0.3) is 0 Å². The predicted molar refractivity (Wildman–Crippen MR) is 58.4 cm³/mol. The molecule has 1 aromatic carbocycles. The van der Waals surface area contributed by atoms with Gasteiger partial charge in [-0.15, -0.1) is 0 Å². The van der Waals surface area contributed by atoms with Crippen molar-refractivity contribution in [1.82, 2.24) is 0 Å². The van der Waals surface area contributed by atoms with Gasteiger partial charge in [-0.05, 0) is 49.9 Å². The van der Waals surface area contributed by atoms with E-state index in [4.69, 9.17) is 4.74 Å².